The summed E-state index contributed by atoms with van der Waals surface area (Å²) in [7, 11) is -3.00. The molecule has 0 radical (unpaired) electrons. The SMILES string of the molecule is CC(C)S(=O)(=O)CC1CCC(C(=O)Cc2ccc(OC3CCOC3)cc2)CC1. The molecule has 28 heavy (non-hydrogen) atoms. The Hall–Kier alpha value is -1.40. The molecule has 2 aliphatic rings. The summed E-state index contributed by atoms with van der Waals surface area (Å²) in [5, 5.41) is -0.319. The Balaban J connectivity index is 1.45. The number of Topliss-reactive ketones (excluding diaryl/α,β-unsaturated/α-hetero) is 1. The molecular weight excluding hydrogens is 376 g/mol. The van der Waals surface area contributed by atoms with Gasteiger partial charge in [0.05, 0.1) is 24.2 Å². The van der Waals surface area contributed by atoms with E-state index in [0.717, 1.165) is 50.0 Å². The fourth-order valence-corrected chi connectivity index (χ4v) is 5.38. The molecule has 0 N–H and O–H groups in total. The number of rotatable bonds is 8. The molecule has 0 amide bonds. The number of ether oxygens (including phenoxy) is 2. The van der Waals surface area contributed by atoms with Gasteiger partial charge in [-0.05, 0) is 63.1 Å². The Labute approximate surface area is 168 Å². The summed E-state index contributed by atoms with van der Waals surface area (Å²) in [6, 6.07) is 7.77. The van der Waals surface area contributed by atoms with E-state index in [-0.39, 0.29) is 34.7 Å². The van der Waals surface area contributed by atoms with Gasteiger partial charge in [-0.2, -0.15) is 0 Å². The van der Waals surface area contributed by atoms with Crippen LogP contribution in [0, 0.1) is 11.8 Å². The molecule has 0 aromatic heterocycles. The highest BCUT2D eigenvalue weighted by Gasteiger charge is 2.30. The molecule has 0 bridgehead atoms. The third-order valence-corrected chi connectivity index (χ3v) is 8.35. The molecule has 1 unspecified atom stereocenters. The van der Waals surface area contributed by atoms with Gasteiger partial charge >= 0.3 is 0 Å². The van der Waals surface area contributed by atoms with E-state index in [0.29, 0.717) is 13.0 Å². The first kappa shape index (κ1) is 21.3. The van der Waals surface area contributed by atoms with Crippen LogP contribution in [0.5, 0.6) is 5.75 Å². The summed E-state index contributed by atoms with van der Waals surface area (Å²) >= 11 is 0. The summed E-state index contributed by atoms with van der Waals surface area (Å²) in [5.41, 5.74) is 1.00. The summed E-state index contributed by atoms with van der Waals surface area (Å²) in [6.07, 6.45) is 4.76. The van der Waals surface area contributed by atoms with Crippen molar-refractivity contribution in [2.45, 2.75) is 63.7 Å². The maximum Gasteiger partial charge on any atom is 0.152 e. The van der Waals surface area contributed by atoms with Gasteiger partial charge in [-0.15, -0.1) is 0 Å². The molecule has 156 valence electrons. The fourth-order valence-electron chi connectivity index (χ4n) is 4.00. The lowest BCUT2D eigenvalue weighted by molar-refractivity contribution is -0.123. The highest BCUT2D eigenvalue weighted by Crippen LogP contribution is 2.31. The van der Waals surface area contributed by atoms with E-state index in [1.165, 1.54) is 0 Å². The van der Waals surface area contributed by atoms with Crippen LogP contribution in [-0.4, -0.2) is 44.5 Å². The maximum atomic E-state index is 12.7. The predicted molar refractivity (Wildman–Crippen MR) is 109 cm³/mol. The zero-order valence-corrected chi connectivity index (χ0v) is 17.7. The van der Waals surface area contributed by atoms with Crippen LogP contribution in [0.1, 0.15) is 51.5 Å². The zero-order chi connectivity index (χ0) is 20.1. The molecule has 1 saturated heterocycles. The van der Waals surface area contributed by atoms with Crippen molar-refractivity contribution in [3.05, 3.63) is 29.8 Å². The lowest BCUT2D eigenvalue weighted by atomic mass is 9.79. The van der Waals surface area contributed by atoms with Crippen molar-refractivity contribution in [1.29, 1.82) is 0 Å². The van der Waals surface area contributed by atoms with E-state index in [4.69, 9.17) is 9.47 Å². The normalized spacial score (nSPS) is 25.8. The minimum absolute atomic E-state index is 0.0598. The third-order valence-electron chi connectivity index (χ3n) is 5.98. The van der Waals surface area contributed by atoms with Gasteiger partial charge in [0, 0.05) is 18.8 Å². The summed E-state index contributed by atoms with van der Waals surface area (Å²) < 4.78 is 35.4. The van der Waals surface area contributed by atoms with Crippen molar-refractivity contribution in [3.63, 3.8) is 0 Å². The number of hydrogen-bond acceptors (Lipinski definition) is 5. The van der Waals surface area contributed by atoms with Gasteiger partial charge in [0.25, 0.3) is 0 Å². The molecule has 1 aliphatic carbocycles. The highest BCUT2D eigenvalue weighted by atomic mass is 32.2. The van der Waals surface area contributed by atoms with E-state index >= 15 is 0 Å². The lowest BCUT2D eigenvalue weighted by Crippen LogP contribution is -2.29. The fraction of sp³-hybridized carbons (Fsp3) is 0.682. The van der Waals surface area contributed by atoms with Crippen molar-refractivity contribution in [1.82, 2.24) is 0 Å². The zero-order valence-electron chi connectivity index (χ0n) is 16.9. The average molecular weight is 409 g/mol. The Bertz CT molecular complexity index is 740. The van der Waals surface area contributed by atoms with Crippen molar-refractivity contribution in [2.75, 3.05) is 19.0 Å². The molecule has 1 aromatic carbocycles. The van der Waals surface area contributed by atoms with Gasteiger partial charge in [0.2, 0.25) is 0 Å². The largest absolute Gasteiger partial charge is 0.488 e. The summed E-state index contributed by atoms with van der Waals surface area (Å²) in [6.45, 7) is 4.87. The smallest absolute Gasteiger partial charge is 0.152 e. The number of ketones is 1. The molecule has 6 heteroatoms. The first-order chi connectivity index (χ1) is 13.3. The van der Waals surface area contributed by atoms with Gasteiger partial charge in [-0.3, -0.25) is 4.79 Å². The van der Waals surface area contributed by atoms with Gasteiger partial charge in [0.1, 0.15) is 17.6 Å². The Morgan fingerprint density at radius 3 is 2.36 bits per heavy atom. The van der Waals surface area contributed by atoms with E-state index in [2.05, 4.69) is 0 Å². The topological polar surface area (TPSA) is 69.7 Å². The molecule has 1 atom stereocenters. The summed E-state index contributed by atoms with van der Waals surface area (Å²) in [5.74, 6) is 1.61. The monoisotopic (exact) mass is 408 g/mol. The quantitative estimate of drug-likeness (QED) is 0.657. The van der Waals surface area contributed by atoms with Crippen molar-refractivity contribution in [2.24, 2.45) is 11.8 Å². The minimum Gasteiger partial charge on any atom is -0.488 e. The Morgan fingerprint density at radius 1 is 1.11 bits per heavy atom. The van der Waals surface area contributed by atoms with Crippen molar-refractivity contribution < 1.29 is 22.7 Å². The standard InChI is InChI=1S/C22H32O5S/c1-16(2)28(24,25)15-18-3-7-19(8-4-18)22(23)13-17-5-9-20(10-6-17)27-21-11-12-26-14-21/h5-6,9-10,16,18-19,21H,3-4,7-8,11-15H2,1-2H3. The van der Waals surface area contributed by atoms with Gasteiger partial charge < -0.3 is 9.47 Å². The number of hydrogen-bond donors (Lipinski definition) is 0. The number of carbonyl (C=O) groups is 1. The molecule has 1 aliphatic heterocycles. The van der Waals surface area contributed by atoms with Crippen LogP contribution in [0.3, 0.4) is 0 Å². The van der Waals surface area contributed by atoms with Crippen LogP contribution in [-0.2, 0) is 25.8 Å². The second-order valence-electron chi connectivity index (χ2n) is 8.49. The molecule has 1 aromatic rings. The molecule has 1 saturated carbocycles. The Morgan fingerprint density at radius 2 is 1.79 bits per heavy atom. The highest BCUT2D eigenvalue weighted by molar-refractivity contribution is 7.91. The predicted octanol–water partition coefficient (Wildman–Crippen LogP) is 3.60. The van der Waals surface area contributed by atoms with Crippen LogP contribution in [0.15, 0.2) is 24.3 Å². The van der Waals surface area contributed by atoms with Crippen LogP contribution in [0.2, 0.25) is 0 Å². The number of carbonyl (C=O) groups excluding carboxylic acids is 1. The van der Waals surface area contributed by atoms with Gasteiger partial charge in [0.15, 0.2) is 9.84 Å². The van der Waals surface area contributed by atoms with E-state index < -0.39 is 9.84 Å². The molecule has 3 rings (SSSR count). The van der Waals surface area contributed by atoms with Crippen LogP contribution < -0.4 is 4.74 Å². The maximum absolute atomic E-state index is 12.7. The first-order valence-electron chi connectivity index (χ1n) is 10.4. The molecular formula is C22H32O5S. The van der Waals surface area contributed by atoms with Crippen LogP contribution >= 0.6 is 0 Å². The van der Waals surface area contributed by atoms with E-state index in [9.17, 15) is 13.2 Å². The molecule has 1 heterocycles. The first-order valence-corrected chi connectivity index (χ1v) is 12.1. The Kier molecular flexibility index (Phi) is 7.15. The second-order valence-corrected chi connectivity index (χ2v) is 11.1. The van der Waals surface area contributed by atoms with Gasteiger partial charge in [-0.1, -0.05) is 12.1 Å². The molecule has 5 nitrogen and oxygen atoms in total. The van der Waals surface area contributed by atoms with E-state index in [1.54, 1.807) is 13.8 Å². The minimum atomic E-state index is -3.00. The third kappa shape index (κ3) is 5.80. The second kappa shape index (κ2) is 9.40. The van der Waals surface area contributed by atoms with Crippen LogP contribution in [0.25, 0.3) is 0 Å². The number of benzene rings is 1. The molecule has 2 fully saturated rings. The van der Waals surface area contributed by atoms with Crippen LogP contribution in [0.4, 0.5) is 0 Å². The molecule has 0 spiro atoms. The van der Waals surface area contributed by atoms with Crippen molar-refractivity contribution >= 4 is 15.6 Å². The lowest BCUT2D eigenvalue weighted by Gasteiger charge is -2.28. The summed E-state index contributed by atoms with van der Waals surface area (Å²) in [4.78, 5) is 12.7. The van der Waals surface area contributed by atoms with E-state index in [1.807, 2.05) is 24.3 Å². The van der Waals surface area contributed by atoms with Gasteiger partial charge in [-0.25, -0.2) is 8.42 Å². The average Bonchev–Trinajstić information content (AvgIpc) is 3.16. The number of sulfone groups is 1. The van der Waals surface area contributed by atoms with Crippen molar-refractivity contribution in [3.8, 4) is 5.75 Å².